The van der Waals surface area contributed by atoms with Gasteiger partial charge < -0.3 is 4.90 Å². The number of carbonyl (C=O) groups is 1. The third-order valence-corrected chi connectivity index (χ3v) is 5.95. The molecule has 1 aromatic heterocycles. The van der Waals surface area contributed by atoms with Crippen LogP contribution >= 0.6 is 43.2 Å². The number of halogens is 2. The fraction of sp³-hybridized carbons (Fsp3) is 0.143. The highest BCUT2D eigenvalue weighted by Crippen LogP contribution is 2.33. The maximum Gasteiger partial charge on any atom is 0.264 e. The predicted octanol–water partition coefficient (Wildman–Crippen LogP) is 4.42. The van der Waals surface area contributed by atoms with Crippen molar-refractivity contribution in [3.63, 3.8) is 0 Å². The van der Waals surface area contributed by atoms with E-state index in [2.05, 4.69) is 37.9 Å². The standard InChI is InChI=1S/C14H10Br2N2OS/c1-18(8-10-4-2-9(7-17)3-5-10)14(19)12-6-11(15)13(16)20-12/h2-6H,8H2,1H3. The second kappa shape index (κ2) is 6.53. The summed E-state index contributed by atoms with van der Waals surface area (Å²) >= 11 is 8.17. The van der Waals surface area contributed by atoms with Crippen molar-refractivity contribution in [2.24, 2.45) is 0 Å². The van der Waals surface area contributed by atoms with Gasteiger partial charge in [0.2, 0.25) is 0 Å². The third kappa shape index (κ3) is 3.48. The number of benzene rings is 1. The lowest BCUT2D eigenvalue weighted by Crippen LogP contribution is -2.25. The summed E-state index contributed by atoms with van der Waals surface area (Å²) in [6.45, 7) is 0.512. The zero-order chi connectivity index (χ0) is 14.7. The molecule has 0 N–H and O–H groups in total. The van der Waals surface area contributed by atoms with Gasteiger partial charge in [-0.05, 0) is 55.6 Å². The molecule has 0 saturated heterocycles. The van der Waals surface area contributed by atoms with Crippen molar-refractivity contribution in [1.82, 2.24) is 4.90 Å². The van der Waals surface area contributed by atoms with E-state index in [9.17, 15) is 4.79 Å². The van der Waals surface area contributed by atoms with Gasteiger partial charge >= 0.3 is 0 Å². The summed E-state index contributed by atoms with van der Waals surface area (Å²) in [5.74, 6) is -0.0224. The van der Waals surface area contributed by atoms with Gasteiger partial charge in [-0.25, -0.2) is 0 Å². The summed E-state index contributed by atoms with van der Waals surface area (Å²) < 4.78 is 1.80. The summed E-state index contributed by atoms with van der Waals surface area (Å²) in [4.78, 5) is 14.6. The topological polar surface area (TPSA) is 44.1 Å². The minimum Gasteiger partial charge on any atom is -0.337 e. The highest BCUT2D eigenvalue weighted by Gasteiger charge is 2.16. The molecule has 2 aromatic rings. The number of carbonyl (C=O) groups excluding carboxylic acids is 1. The Bertz CT molecular complexity index is 654. The van der Waals surface area contributed by atoms with Gasteiger partial charge in [0.15, 0.2) is 0 Å². The number of nitriles is 1. The molecule has 0 bridgehead atoms. The van der Waals surface area contributed by atoms with Crippen LogP contribution in [0.25, 0.3) is 0 Å². The molecule has 0 aliphatic heterocycles. The van der Waals surface area contributed by atoms with Crippen LogP contribution in [0.2, 0.25) is 0 Å². The quantitative estimate of drug-likeness (QED) is 0.747. The van der Waals surface area contributed by atoms with Crippen LogP contribution in [0.1, 0.15) is 20.8 Å². The molecule has 3 nitrogen and oxygen atoms in total. The monoisotopic (exact) mass is 412 g/mol. The van der Waals surface area contributed by atoms with Crippen molar-refractivity contribution in [3.8, 4) is 6.07 Å². The molecule has 0 atom stereocenters. The number of nitrogens with zero attached hydrogens (tertiary/aromatic N) is 2. The van der Waals surface area contributed by atoms with Gasteiger partial charge in [0, 0.05) is 18.1 Å². The molecule has 0 aliphatic rings. The summed E-state index contributed by atoms with van der Waals surface area (Å²) in [7, 11) is 1.77. The Hall–Kier alpha value is -1.16. The minimum absolute atomic E-state index is 0.0224. The fourth-order valence-corrected chi connectivity index (χ4v) is 3.70. The smallest absolute Gasteiger partial charge is 0.264 e. The van der Waals surface area contributed by atoms with Crippen molar-refractivity contribution in [2.45, 2.75) is 6.54 Å². The van der Waals surface area contributed by atoms with Crippen LogP contribution in [0, 0.1) is 11.3 Å². The van der Waals surface area contributed by atoms with Crippen LogP contribution in [0.3, 0.4) is 0 Å². The van der Waals surface area contributed by atoms with Gasteiger partial charge in [0.05, 0.1) is 20.3 Å². The second-order valence-corrected chi connectivity index (χ2v) is 7.43. The van der Waals surface area contributed by atoms with Crippen molar-refractivity contribution in [3.05, 3.63) is 54.6 Å². The first kappa shape index (κ1) is 15.2. The van der Waals surface area contributed by atoms with Crippen LogP contribution in [0.4, 0.5) is 0 Å². The van der Waals surface area contributed by atoms with Crippen molar-refractivity contribution in [2.75, 3.05) is 7.05 Å². The summed E-state index contributed by atoms with van der Waals surface area (Å²) in [6, 6.07) is 11.1. The first-order valence-electron chi connectivity index (χ1n) is 5.70. The van der Waals surface area contributed by atoms with E-state index in [1.807, 2.05) is 18.2 Å². The lowest BCUT2D eigenvalue weighted by atomic mass is 10.1. The Labute approximate surface area is 138 Å². The third-order valence-electron chi connectivity index (χ3n) is 2.71. The zero-order valence-electron chi connectivity index (χ0n) is 10.6. The highest BCUT2D eigenvalue weighted by molar-refractivity contribution is 9.13. The molecule has 1 amide bonds. The van der Waals surface area contributed by atoms with E-state index in [0.717, 1.165) is 13.8 Å². The van der Waals surface area contributed by atoms with Gasteiger partial charge in [-0.1, -0.05) is 12.1 Å². The molecule has 0 radical (unpaired) electrons. The number of hydrogen-bond donors (Lipinski definition) is 0. The van der Waals surface area contributed by atoms with E-state index in [1.54, 1.807) is 24.1 Å². The van der Waals surface area contributed by atoms with Gasteiger partial charge in [-0.3, -0.25) is 4.79 Å². The molecule has 6 heteroatoms. The van der Waals surface area contributed by atoms with E-state index in [1.165, 1.54) is 11.3 Å². The Balaban J connectivity index is 2.09. The van der Waals surface area contributed by atoms with E-state index in [-0.39, 0.29) is 5.91 Å². The normalized spacial score (nSPS) is 10.1. The van der Waals surface area contributed by atoms with E-state index < -0.39 is 0 Å². The second-order valence-electron chi connectivity index (χ2n) is 4.20. The SMILES string of the molecule is CN(Cc1ccc(C#N)cc1)C(=O)c1cc(Br)c(Br)s1. The van der Waals surface area contributed by atoms with Gasteiger partial charge in [-0.15, -0.1) is 11.3 Å². The predicted molar refractivity (Wildman–Crippen MR) is 86.7 cm³/mol. The van der Waals surface area contributed by atoms with Crippen LogP contribution in [-0.4, -0.2) is 17.9 Å². The van der Waals surface area contributed by atoms with E-state index in [0.29, 0.717) is 17.0 Å². The average Bonchev–Trinajstić information content (AvgIpc) is 2.78. The molecule has 20 heavy (non-hydrogen) atoms. The van der Waals surface area contributed by atoms with Crippen LogP contribution < -0.4 is 0 Å². The summed E-state index contributed by atoms with van der Waals surface area (Å²) in [5.41, 5.74) is 1.61. The maximum atomic E-state index is 12.3. The molecule has 1 heterocycles. The molecular weight excluding hydrogens is 404 g/mol. The lowest BCUT2D eigenvalue weighted by Gasteiger charge is -2.16. The lowest BCUT2D eigenvalue weighted by molar-refractivity contribution is 0.0790. The van der Waals surface area contributed by atoms with Crippen molar-refractivity contribution >= 4 is 49.1 Å². The summed E-state index contributed by atoms with van der Waals surface area (Å²) in [5, 5.41) is 8.75. The largest absolute Gasteiger partial charge is 0.337 e. The molecule has 0 unspecified atom stereocenters. The molecule has 102 valence electrons. The molecule has 0 spiro atoms. The number of amides is 1. The van der Waals surface area contributed by atoms with E-state index >= 15 is 0 Å². The Morgan fingerprint density at radius 2 is 2.00 bits per heavy atom. The van der Waals surface area contributed by atoms with Gasteiger partial charge in [0.25, 0.3) is 5.91 Å². The average molecular weight is 414 g/mol. The van der Waals surface area contributed by atoms with Crippen LogP contribution in [-0.2, 0) is 6.54 Å². The van der Waals surface area contributed by atoms with Gasteiger partial charge in [0.1, 0.15) is 0 Å². The summed E-state index contributed by atoms with van der Waals surface area (Å²) in [6.07, 6.45) is 0. The van der Waals surface area contributed by atoms with Gasteiger partial charge in [-0.2, -0.15) is 5.26 Å². The van der Waals surface area contributed by atoms with Crippen LogP contribution in [0.15, 0.2) is 38.6 Å². The van der Waals surface area contributed by atoms with Crippen LogP contribution in [0.5, 0.6) is 0 Å². The molecule has 0 aliphatic carbocycles. The zero-order valence-corrected chi connectivity index (χ0v) is 14.5. The molecule has 2 rings (SSSR count). The molecule has 1 aromatic carbocycles. The maximum absolute atomic E-state index is 12.3. The Morgan fingerprint density at radius 1 is 1.35 bits per heavy atom. The number of hydrogen-bond acceptors (Lipinski definition) is 3. The molecular formula is C14H10Br2N2OS. The molecule has 0 saturated carbocycles. The van der Waals surface area contributed by atoms with Crippen molar-refractivity contribution in [1.29, 1.82) is 5.26 Å². The highest BCUT2D eigenvalue weighted by atomic mass is 79.9. The first-order chi connectivity index (χ1) is 9.51. The molecule has 0 fully saturated rings. The Morgan fingerprint density at radius 3 is 2.50 bits per heavy atom. The fourth-order valence-electron chi connectivity index (χ4n) is 1.67. The Kier molecular flexibility index (Phi) is 4.97. The van der Waals surface area contributed by atoms with Crippen molar-refractivity contribution < 1.29 is 4.79 Å². The first-order valence-corrected chi connectivity index (χ1v) is 8.11. The van der Waals surface area contributed by atoms with E-state index in [4.69, 9.17) is 5.26 Å². The minimum atomic E-state index is -0.0224. The number of thiophene rings is 1. The number of rotatable bonds is 3.